The molecule has 0 spiro atoms. The molecule has 2 N–H and O–H groups in total. The molecule has 2 atom stereocenters. The minimum atomic E-state index is -0.0378. The Labute approximate surface area is 118 Å². The Bertz CT molecular complexity index is 242. The monoisotopic (exact) mass is 272 g/mol. The van der Waals surface area contributed by atoms with E-state index in [0.717, 1.165) is 32.5 Å². The van der Waals surface area contributed by atoms with Crippen molar-refractivity contribution in [1.82, 2.24) is 10.2 Å². The van der Waals surface area contributed by atoms with E-state index in [1.54, 1.807) is 7.11 Å². The van der Waals surface area contributed by atoms with Gasteiger partial charge in [-0.1, -0.05) is 6.42 Å². The summed E-state index contributed by atoms with van der Waals surface area (Å²) in [6.07, 6.45) is 4.72. The molecule has 0 aromatic rings. The molecule has 1 aliphatic rings. The highest BCUT2D eigenvalue weighted by Gasteiger charge is 2.40. The van der Waals surface area contributed by atoms with Crippen LogP contribution in [0.25, 0.3) is 0 Å². The molecule has 0 amide bonds. The zero-order chi connectivity index (χ0) is 14.3. The van der Waals surface area contributed by atoms with Gasteiger partial charge in [-0.3, -0.25) is 4.90 Å². The molecule has 1 saturated carbocycles. The van der Waals surface area contributed by atoms with Gasteiger partial charge in [-0.25, -0.2) is 0 Å². The fourth-order valence-electron chi connectivity index (χ4n) is 3.34. The normalized spacial score (nSPS) is 27.6. The lowest BCUT2D eigenvalue weighted by molar-refractivity contribution is 0.0986. The molecular formula is C15H32N2O2. The number of hydrogen-bond acceptors (Lipinski definition) is 4. The molecule has 0 saturated heterocycles. The molecule has 1 rings (SSSR count). The molecule has 1 aliphatic carbocycles. The number of ether oxygens (including phenoxy) is 1. The summed E-state index contributed by atoms with van der Waals surface area (Å²) in [5, 5.41) is 13.1. The first-order chi connectivity index (χ1) is 9.09. The Morgan fingerprint density at radius 1 is 1.42 bits per heavy atom. The molecule has 2 unspecified atom stereocenters. The topological polar surface area (TPSA) is 44.7 Å². The zero-order valence-corrected chi connectivity index (χ0v) is 13.1. The quantitative estimate of drug-likeness (QED) is 0.667. The number of rotatable bonds is 9. The van der Waals surface area contributed by atoms with Gasteiger partial charge in [0.25, 0.3) is 0 Å². The summed E-state index contributed by atoms with van der Waals surface area (Å²) in [4.78, 5) is 2.47. The second-order valence-corrected chi connectivity index (χ2v) is 6.06. The second kappa shape index (κ2) is 8.20. The Morgan fingerprint density at radius 2 is 2.16 bits per heavy atom. The van der Waals surface area contributed by atoms with Crippen LogP contribution in [0, 0.1) is 5.92 Å². The van der Waals surface area contributed by atoms with Crippen molar-refractivity contribution < 1.29 is 9.84 Å². The number of nitrogens with zero attached hydrogens (tertiary/aromatic N) is 1. The molecule has 0 heterocycles. The first kappa shape index (κ1) is 16.9. The Balaban J connectivity index is 2.48. The molecular weight excluding hydrogens is 240 g/mol. The van der Waals surface area contributed by atoms with E-state index in [0.29, 0.717) is 12.0 Å². The van der Waals surface area contributed by atoms with Gasteiger partial charge in [-0.2, -0.15) is 0 Å². The zero-order valence-electron chi connectivity index (χ0n) is 13.1. The van der Waals surface area contributed by atoms with Crippen molar-refractivity contribution in [2.75, 3.05) is 40.5 Å². The molecule has 0 radical (unpaired) electrons. The minimum absolute atomic E-state index is 0.0378. The average molecular weight is 272 g/mol. The van der Waals surface area contributed by atoms with Gasteiger partial charge in [0.15, 0.2) is 0 Å². The number of aliphatic hydroxyl groups excluding tert-OH is 1. The lowest BCUT2D eigenvalue weighted by Gasteiger charge is -2.35. The van der Waals surface area contributed by atoms with E-state index in [9.17, 15) is 5.11 Å². The minimum Gasteiger partial charge on any atom is -0.394 e. The molecule has 114 valence electrons. The van der Waals surface area contributed by atoms with Crippen LogP contribution in [0.2, 0.25) is 0 Å². The highest BCUT2D eigenvalue weighted by molar-refractivity contribution is 4.98. The third-order valence-electron chi connectivity index (χ3n) is 4.81. The lowest BCUT2D eigenvalue weighted by Crippen LogP contribution is -2.50. The van der Waals surface area contributed by atoms with Crippen molar-refractivity contribution in [3.8, 4) is 0 Å². The number of methoxy groups -OCH3 is 1. The van der Waals surface area contributed by atoms with Crippen molar-refractivity contribution in [3.05, 3.63) is 0 Å². The standard InChI is InChI=1S/C15H32N2O2/c1-13(2)17(10-11-19-4)9-7-14-6-5-8-15(14,12-18)16-3/h13-14,16,18H,5-12H2,1-4H3. The summed E-state index contributed by atoms with van der Waals surface area (Å²) in [6.45, 7) is 7.61. The summed E-state index contributed by atoms with van der Waals surface area (Å²) in [6, 6.07) is 0.551. The van der Waals surface area contributed by atoms with Crippen molar-refractivity contribution in [2.24, 2.45) is 5.92 Å². The van der Waals surface area contributed by atoms with Crippen molar-refractivity contribution in [3.63, 3.8) is 0 Å². The second-order valence-electron chi connectivity index (χ2n) is 6.06. The third kappa shape index (κ3) is 4.42. The van der Waals surface area contributed by atoms with Crippen LogP contribution in [-0.2, 0) is 4.74 Å². The smallest absolute Gasteiger partial charge is 0.0615 e. The van der Waals surface area contributed by atoms with Gasteiger partial charge in [0.1, 0.15) is 0 Å². The van der Waals surface area contributed by atoms with Gasteiger partial charge in [-0.05, 0) is 52.6 Å². The summed E-state index contributed by atoms with van der Waals surface area (Å²) in [5.41, 5.74) is -0.0378. The summed E-state index contributed by atoms with van der Waals surface area (Å²) in [5.74, 6) is 0.589. The SMILES string of the molecule is CNC1(CO)CCCC1CCN(CCOC)C(C)C. The predicted molar refractivity (Wildman–Crippen MR) is 79.4 cm³/mol. The molecule has 0 aliphatic heterocycles. The maximum atomic E-state index is 9.71. The number of likely N-dealkylation sites (N-methyl/N-ethyl adjacent to an activating group) is 1. The highest BCUT2D eigenvalue weighted by atomic mass is 16.5. The van der Waals surface area contributed by atoms with Crippen LogP contribution in [0.15, 0.2) is 0 Å². The maximum Gasteiger partial charge on any atom is 0.0615 e. The molecule has 19 heavy (non-hydrogen) atoms. The summed E-state index contributed by atoms with van der Waals surface area (Å²) < 4.78 is 5.18. The third-order valence-corrected chi connectivity index (χ3v) is 4.81. The van der Waals surface area contributed by atoms with Crippen LogP contribution >= 0.6 is 0 Å². The Hall–Kier alpha value is -0.160. The average Bonchev–Trinajstić information content (AvgIpc) is 2.82. The van der Waals surface area contributed by atoms with E-state index < -0.39 is 0 Å². The van der Waals surface area contributed by atoms with Gasteiger partial charge in [0.2, 0.25) is 0 Å². The molecule has 4 heteroatoms. The Kier molecular flexibility index (Phi) is 7.29. The van der Waals surface area contributed by atoms with Gasteiger partial charge in [0, 0.05) is 25.2 Å². The molecule has 0 aromatic heterocycles. The van der Waals surface area contributed by atoms with Crippen LogP contribution in [0.1, 0.15) is 39.5 Å². The van der Waals surface area contributed by atoms with E-state index in [1.807, 2.05) is 7.05 Å². The first-order valence-electron chi connectivity index (χ1n) is 7.62. The lowest BCUT2D eigenvalue weighted by atomic mass is 9.85. The number of aliphatic hydroxyl groups is 1. The molecule has 0 bridgehead atoms. The summed E-state index contributed by atoms with van der Waals surface area (Å²) >= 11 is 0. The maximum absolute atomic E-state index is 9.71. The van der Waals surface area contributed by atoms with E-state index in [4.69, 9.17) is 4.74 Å². The van der Waals surface area contributed by atoms with Gasteiger partial charge < -0.3 is 15.2 Å². The summed E-state index contributed by atoms with van der Waals surface area (Å²) in [7, 11) is 3.74. The van der Waals surface area contributed by atoms with Crippen LogP contribution in [-0.4, -0.2) is 62.0 Å². The van der Waals surface area contributed by atoms with Crippen LogP contribution in [0.5, 0.6) is 0 Å². The molecule has 0 aromatic carbocycles. The van der Waals surface area contributed by atoms with Crippen LogP contribution in [0.3, 0.4) is 0 Å². The van der Waals surface area contributed by atoms with E-state index in [1.165, 1.54) is 12.8 Å². The van der Waals surface area contributed by atoms with Crippen molar-refractivity contribution >= 4 is 0 Å². The van der Waals surface area contributed by atoms with Gasteiger partial charge >= 0.3 is 0 Å². The fraction of sp³-hybridized carbons (Fsp3) is 1.00. The van der Waals surface area contributed by atoms with Gasteiger partial charge in [-0.15, -0.1) is 0 Å². The predicted octanol–water partition coefficient (Wildman–Crippen LogP) is 1.48. The Morgan fingerprint density at radius 3 is 2.68 bits per heavy atom. The largest absolute Gasteiger partial charge is 0.394 e. The number of nitrogens with one attached hydrogen (secondary N) is 1. The van der Waals surface area contributed by atoms with Crippen LogP contribution in [0.4, 0.5) is 0 Å². The molecule has 1 fully saturated rings. The van der Waals surface area contributed by atoms with Crippen molar-refractivity contribution in [2.45, 2.75) is 51.1 Å². The highest BCUT2D eigenvalue weighted by Crippen LogP contribution is 2.37. The van der Waals surface area contributed by atoms with E-state index in [-0.39, 0.29) is 12.1 Å². The van der Waals surface area contributed by atoms with E-state index in [2.05, 4.69) is 24.1 Å². The number of hydrogen-bond donors (Lipinski definition) is 2. The first-order valence-corrected chi connectivity index (χ1v) is 7.62. The molecule has 4 nitrogen and oxygen atoms in total. The van der Waals surface area contributed by atoms with Crippen LogP contribution < -0.4 is 5.32 Å². The van der Waals surface area contributed by atoms with E-state index >= 15 is 0 Å². The van der Waals surface area contributed by atoms with Crippen molar-refractivity contribution in [1.29, 1.82) is 0 Å². The van der Waals surface area contributed by atoms with Gasteiger partial charge in [0.05, 0.1) is 13.2 Å². The fourth-order valence-corrected chi connectivity index (χ4v) is 3.34.